The van der Waals surface area contributed by atoms with E-state index in [1.54, 1.807) is 0 Å². The molecule has 2 heterocycles. The van der Waals surface area contributed by atoms with Gasteiger partial charge in [0.05, 0.1) is 6.04 Å². The number of β-lactam (4-membered cyclic amide) rings is 1. The fraction of sp³-hybridized carbons (Fsp3) is 0.429. The Labute approximate surface area is 68.4 Å². The van der Waals surface area contributed by atoms with Crippen LogP contribution in [-0.4, -0.2) is 34.0 Å². The van der Waals surface area contributed by atoms with Crippen molar-refractivity contribution in [3.05, 3.63) is 11.8 Å². The van der Waals surface area contributed by atoms with Crippen molar-refractivity contribution in [1.29, 1.82) is 0 Å². The molecule has 64 valence electrons. The third-order valence-electron chi connectivity index (χ3n) is 2.30. The van der Waals surface area contributed by atoms with E-state index in [0.29, 0.717) is 6.42 Å². The van der Waals surface area contributed by atoms with Crippen molar-refractivity contribution in [2.45, 2.75) is 18.5 Å². The van der Waals surface area contributed by atoms with E-state index in [1.165, 1.54) is 11.0 Å². The van der Waals surface area contributed by atoms with Gasteiger partial charge in [0.25, 0.3) is 0 Å². The largest absolute Gasteiger partial charge is 0.477 e. The predicted molar refractivity (Wildman–Crippen MR) is 38.9 cm³/mol. The average Bonchev–Trinajstić information content (AvgIpc) is 2.43. The SMILES string of the molecule is NC1C(=O)N2C(C(=O)O)=CC[C@@H]12. The number of hydrogen-bond acceptors (Lipinski definition) is 3. The molecule has 0 aromatic rings. The van der Waals surface area contributed by atoms with E-state index in [0.717, 1.165) is 0 Å². The second-order valence-corrected chi connectivity index (χ2v) is 2.93. The molecular weight excluding hydrogens is 160 g/mol. The summed E-state index contributed by atoms with van der Waals surface area (Å²) in [5.41, 5.74) is 5.53. The summed E-state index contributed by atoms with van der Waals surface area (Å²) in [7, 11) is 0. The number of nitrogens with two attached hydrogens (primary N) is 1. The Bertz CT molecular complexity index is 297. The van der Waals surface area contributed by atoms with Crippen LogP contribution in [0, 0.1) is 0 Å². The molecule has 5 heteroatoms. The third-order valence-corrected chi connectivity index (χ3v) is 2.30. The van der Waals surface area contributed by atoms with Gasteiger partial charge in [0.2, 0.25) is 5.91 Å². The summed E-state index contributed by atoms with van der Waals surface area (Å²) in [4.78, 5) is 22.9. The quantitative estimate of drug-likeness (QED) is 0.486. The number of fused-ring (bicyclic) bond motifs is 1. The molecule has 2 aliphatic rings. The highest BCUT2D eigenvalue weighted by molar-refractivity contribution is 6.00. The summed E-state index contributed by atoms with van der Waals surface area (Å²) in [6, 6.07) is -0.610. The number of carboxylic acid groups (broad SMARTS) is 1. The van der Waals surface area contributed by atoms with Crippen molar-refractivity contribution in [3.63, 3.8) is 0 Å². The zero-order chi connectivity index (χ0) is 8.88. The van der Waals surface area contributed by atoms with Gasteiger partial charge in [-0.3, -0.25) is 9.69 Å². The van der Waals surface area contributed by atoms with Gasteiger partial charge in [-0.1, -0.05) is 6.08 Å². The number of hydrogen-bond donors (Lipinski definition) is 2. The normalized spacial score (nSPS) is 32.6. The number of amides is 1. The lowest BCUT2D eigenvalue weighted by atomic mass is 9.97. The molecule has 2 rings (SSSR count). The van der Waals surface area contributed by atoms with E-state index in [1.807, 2.05) is 0 Å². The molecule has 0 spiro atoms. The lowest BCUT2D eigenvalue weighted by Crippen LogP contribution is -2.66. The van der Waals surface area contributed by atoms with Crippen molar-refractivity contribution in [3.8, 4) is 0 Å². The summed E-state index contributed by atoms with van der Waals surface area (Å²) < 4.78 is 0. The predicted octanol–water partition coefficient (Wildman–Crippen LogP) is -1.10. The van der Waals surface area contributed by atoms with Crippen LogP contribution in [0.1, 0.15) is 6.42 Å². The van der Waals surface area contributed by atoms with Gasteiger partial charge in [0.15, 0.2) is 0 Å². The summed E-state index contributed by atoms with van der Waals surface area (Å²) in [6.45, 7) is 0. The standard InChI is InChI=1S/C7H8N2O3/c8-5-3-1-2-4(7(11)12)9(3)6(5)10/h2-3,5H,1,8H2,(H,11,12)/t3-,5?/m0/s1. The minimum atomic E-state index is -1.06. The molecule has 1 saturated heterocycles. The van der Waals surface area contributed by atoms with Gasteiger partial charge in [-0.05, 0) is 6.42 Å². The van der Waals surface area contributed by atoms with E-state index in [9.17, 15) is 9.59 Å². The van der Waals surface area contributed by atoms with E-state index in [2.05, 4.69) is 0 Å². The molecule has 2 aliphatic heterocycles. The van der Waals surface area contributed by atoms with Gasteiger partial charge >= 0.3 is 5.97 Å². The van der Waals surface area contributed by atoms with E-state index >= 15 is 0 Å². The molecule has 0 saturated carbocycles. The van der Waals surface area contributed by atoms with E-state index < -0.39 is 12.0 Å². The number of nitrogens with zero attached hydrogens (tertiary/aromatic N) is 1. The molecule has 5 nitrogen and oxygen atoms in total. The Hall–Kier alpha value is -1.36. The maximum atomic E-state index is 11.1. The highest BCUT2D eigenvalue weighted by Crippen LogP contribution is 2.32. The number of aliphatic carboxylic acids is 1. The van der Waals surface area contributed by atoms with Crippen LogP contribution in [0.25, 0.3) is 0 Å². The van der Waals surface area contributed by atoms with Crippen LogP contribution in [0.2, 0.25) is 0 Å². The molecule has 12 heavy (non-hydrogen) atoms. The van der Waals surface area contributed by atoms with Crippen molar-refractivity contribution >= 4 is 11.9 Å². The minimum absolute atomic E-state index is 0.0756. The molecule has 1 amide bonds. The monoisotopic (exact) mass is 168 g/mol. The molecule has 3 N–H and O–H groups in total. The summed E-state index contributed by atoms with van der Waals surface area (Å²) >= 11 is 0. The van der Waals surface area contributed by atoms with Crippen molar-refractivity contribution < 1.29 is 14.7 Å². The molecular formula is C7H8N2O3. The Balaban J connectivity index is 2.23. The summed E-state index contributed by atoms with van der Waals surface area (Å²) in [6.07, 6.45) is 2.10. The van der Waals surface area contributed by atoms with Crippen LogP contribution in [0.15, 0.2) is 11.8 Å². The molecule has 1 unspecified atom stereocenters. The van der Waals surface area contributed by atoms with Gasteiger partial charge < -0.3 is 10.8 Å². The average molecular weight is 168 g/mol. The first-order chi connectivity index (χ1) is 5.63. The first-order valence-electron chi connectivity index (χ1n) is 3.65. The second-order valence-electron chi connectivity index (χ2n) is 2.93. The Morgan fingerprint density at radius 1 is 1.75 bits per heavy atom. The number of rotatable bonds is 1. The molecule has 0 radical (unpaired) electrons. The maximum absolute atomic E-state index is 11.1. The topological polar surface area (TPSA) is 83.6 Å². The smallest absolute Gasteiger partial charge is 0.352 e. The van der Waals surface area contributed by atoms with Crippen LogP contribution >= 0.6 is 0 Å². The second kappa shape index (κ2) is 2.07. The lowest BCUT2D eigenvalue weighted by molar-refractivity contribution is -0.149. The molecule has 0 bridgehead atoms. The molecule has 1 fully saturated rings. The fourth-order valence-electron chi connectivity index (χ4n) is 1.64. The van der Waals surface area contributed by atoms with Crippen LogP contribution in [0.5, 0.6) is 0 Å². The highest BCUT2D eigenvalue weighted by atomic mass is 16.4. The minimum Gasteiger partial charge on any atom is -0.477 e. The van der Waals surface area contributed by atoms with Gasteiger partial charge in [0.1, 0.15) is 11.7 Å². The molecule has 0 aromatic carbocycles. The maximum Gasteiger partial charge on any atom is 0.352 e. The van der Waals surface area contributed by atoms with Gasteiger partial charge in [-0.25, -0.2) is 4.79 Å². The van der Waals surface area contributed by atoms with Crippen LogP contribution in [0.3, 0.4) is 0 Å². The van der Waals surface area contributed by atoms with Crippen LogP contribution in [0.4, 0.5) is 0 Å². The number of carbonyl (C=O) groups excluding carboxylic acids is 1. The van der Waals surface area contributed by atoms with Crippen molar-refractivity contribution in [1.82, 2.24) is 4.90 Å². The van der Waals surface area contributed by atoms with Crippen LogP contribution in [-0.2, 0) is 9.59 Å². The Kier molecular flexibility index (Phi) is 1.26. The van der Waals surface area contributed by atoms with Crippen molar-refractivity contribution in [2.75, 3.05) is 0 Å². The Morgan fingerprint density at radius 2 is 2.42 bits per heavy atom. The number of carboxylic acids is 1. The van der Waals surface area contributed by atoms with Gasteiger partial charge in [-0.15, -0.1) is 0 Å². The number of carbonyl (C=O) groups is 2. The third kappa shape index (κ3) is 0.660. The first-order valence-corrected chi connectivity index (χ1v) is 3.65. The summed E-state index contributed by atoms with van der Waals surface area (Å²) in [5, 5.41) is 8.64. The molecule has 2 atom stereocenters. The van der Waals surface area contributed by atoms with Crippen LogP contribution < -0.4 is 5.73 Å². The molecule has 0 aromatic heterocycles. The highest BCUT2D eigenvalue weighted by Gasteiger charge is 2.50. The van der Waals surface area contributed by atoms with Crippen molar-refractivity contribution in [2.24, 2.45) is 5.73 Å². The molecule has 0 aliphatic carbocycles. The van der Waals surface area contributed by atoms with Gasteiger partial charge in [0, 0.05) is 0 Å². The Morgan fingerprint density at radius 3 is 3.00 bits per heavy atom. The summed E-state index contributed by atoms with van der Waals surface area (Å²) in [5.74, 6) is -1.34. The van der Waals surface area contributed by atoms with Gasteiger partial charge in [-0.2, -0.15) is 0 Å². The fourth-order valence-corrected chi connectivity index (χ4v) is 1.64. The van der Waals surface area contributed by atoms with E-state index in [4.69, 9.17) is 10.8 Å². The first kappa shape index (κ1) is 7.30. The zero-order valence-corrected chi connectivity index (χ0v) is 6.23. The van der Waals surface area contributed by atoms with E-state index in [-0.39, 0.29) is 17.6 Å². The zero-order valence-electron chi connectivity index (χ0n) is 6.23. The lowest BCUT2D eigenvalue weighted by Gasteiger charge is -2.41.